The van der Waals surface area contributed by atoms with Gasteiger partial charge in [0.25, 0.3) is 0 Å². The average Bonchev–Trinajstić information content (AvgIpc) is 2.68. The van der Waals surface area contributed by atoms with Gasteiger partial charge in [0, 0.05) is 13.0 Å². The van der Waals surface area contributed by atoms with Crippen LogP contribution in [0.25, 0.3) is 0 Å². The Morgan fingerprint density at radius 3 is 2.56 bits per heavy atom. The monoisotopic (exact) mass is 218 g/mol. The van der Waals surface area contributed by atoms with E-state index in [2.05, 4.69) is 32.0 Å². The lowest BCUT2D eigenvalue weighted by atomic mass is 10.0. The number of ether oxygens (including phenoxy) is 1. The molecule has 0 aromatic heterocycles. The Morgan fingerprint density at radius 1 is 1.31 bits per heavy atom. The summed E-state index contributed by atoms with van der Waals surface area (Å²) in [4.78, 5) is 11.9. The van der Waals surface area contributed by atoms with E-state index in [1.807, 2.05) is 0 Å². The normalized spacial score (nSPS) is 20.0. The molecule has 1 heterocycles. The summed E-state index contributed by atoms with van der Waals surface area (Å²) in [5.41, 5.74) is 3.54. The van der Waals surface area contributed by atoms with Gasteiger partial charge in [-0.3, -0.25) is 4.79 Å². The molecule has 1 aliphatic rings. The average molecular weight is 218 g/mol. The van der Waals surface area contributed by atoms with Gasteiger partial charge in [-0.1, -0.05) is 29.3 Å². The maximum Gasteiger partial charge on any atom is 0.165 e. The zero-order chi connectivity index (χ0) is 11.5. The Hall–Kier alpha value is -1.15. The SMILES string of the molecule is Cc1cc(C)cc(CC(=O)C2CCCO2)c1. The van der Waals surface area contributed by atoms with Gasteiger partial charge in [-0.2, -0.15) is 0 Å². The van der Waals surface area contributed by atoms with E-state index in [1.54, 1.807) is 0 Å². The third kappa shape index (κ3) is 2.70. The van der Waals surface area contributed by atoms with Crippen molar-refractivity contribution in [3.63, 3.8) is 0 Å². The number of hydrogen-bond acceptors (Lipinski definition) is 2. The molecule has 1 saturated heterocycles. The topological polar surface area (TPSA) is 26.3 Å². The minimum atomic E-state index is -0.152. The minimum Gasteiger partial charge on any atom is -0.370 e. The van der Waals surface area contributed by atoms with E-state index in [-0.39, 0.29) is 11.9 Å². The maximum absolute atomic E-state index is 11.9. The first-order valence-corrected chi connectivity index (χ1v) is 5.86. The molecule has 0 bridgehead atoms. The number of aryl methyl sites for hydroxylation is 2. The van der Waals surface area contributed by atoms with Crippen LogP contribution < -0.4 is 0 Å². The number of carbonyl (C=O) groups is 1. The number of rotatable bonds is 3. The Kier molecular flexibility index (Phi) is 3.39. The molecule has 1 fully saturated rings. The summed E-state index contributed by atoms with van der Waals surface area (Å²) in [7, 11) is 0. The molecule has 0 aliphatic carbocycles. The summed E-state index contributed by atoms with van der Waals surface area (Å²) < 4.78 is 5.40. The van der Waals surface area contributed by atoms with Crippen LogP contribution in [-0.2, 0) is 16.0 Å². The minimum absolute atomic E-state index is 0.152. The molecule has 86 valence electrons. The molecule has 2 heteroatoms. The standard InChI is InChI=1S/C14H18O2/c1-10-6-11(2)8-12(7-10)9-13(15)14-4-3-5-16-14/h6-8,14H,3-5,9H2,1-2H3. The Bertz CT molecular complexity index is 369. The van der Waals surface area contributed by atoms with E-state index < -0.39 is 0 Å². The van der Waals surface area contributed by atoms with Gasteiger partial charge in [-0.25, -0.2) is 0 Å². The molecule has 1 aliphatic heterocycles. The maximum atomic E-state index is 11.9. The summed E-state index contributed by atoms with van der Waals surface area (Å²) in [6.45, 7) is 4.86. The van der Waals surface area contributed by atoms with E-state index in [0.29, 0.717) is 6.42 Å². The number of ketones is 1. The van der Waals surface area contributed by atoms with Crippen LogP contribution in [0.2, 0.25) is 0 Å². The fourth-order valence-corrected chi connectivity index (χ4v) is 2.32. The molecule has 1 aromatic carbocycles. The molecule has 0 saturated carbocycles. The second-order valence-corrected chi connectivity index (χ2v) is 4.64. The lowest BCUT2D eigenvalue weighted by Gasteiger charge is -2.09. The molecule has 1 unspecified atom stereocenters. The second-order valence-electron chi connectivity index (χ2n) is 4.64. The summed E-state index contributed by atoms with van der Waals surface area (Å²) in [6, 6.07) is 6.29. The summed E-state index contributed by atoms with van der Waals surface area (Å²) in [5.74, 6) is 0.225. The van der Waals surface area contributed by atoms with Crippen molar-refractivity contribution in [1.29, 1.82) is 0 Å². The first-order valence-electron chi connectivity index (χ1n) is 5.86. The molecule has 1 atom stereocenters. The van der Waals surface area contributed by atoms with Gasteiger partial charge in [0.05, 0.1) is 0 Å². The van der Waals surface area contributed by atoms with E-state index in [4.69, 9.17) is 4.74 Å². The van der Waals surface area contributed by atoms with Crippen molar-refractivity contribution in [2.75, 3.05) is 6.61 Å². The molecule has 2 rings (SSSR count). The Balaban J connectivity index is 2.05. The van der Waals surface area contributed by atoms with Gasteiger partial charge in [-0.05, 0) is 32.3 Å². The molecule has 0 amide bonds. The van der Waals surface area contributed by atoms with Gasteiger partial charge >= 0.3 is 0 Å². The zero-order valence-electron chi connectivity index (χ0n) is 9.95. The second kappa shape index (κ2) is 4.79. The highest BCUT2D eigenvalue weighted by molar-refractivity contribution is 5.85. The van der Waals surface area contributed by atoms with Crippen LogP contribution >= 0.6 is 0 Å². The van der Waals surface area contributed by atoms with Crippen molar-refractivity contribution in [2.45, 2.75) is 39.2 Å². The van der Waals surface area contributed by atoms with Gasteiger partial charge in [-0.15, -0.1) is 0 Å². The first-order chi connectivity index (χ1) is 7.65. The first kappa shape index (κ1) is 11.3. The van der Waals surface area contributed by atoms with Crippen LogP contribution in [0.1, 0.15) is 29.5 Å². The highest BCUT2D eigenvalue weighted by atomic mass is 16.5. The van der Waals surface area contributed by atoms with Crippen LogP contribution in [0, 0.1) is 13.8 Å². The third-order valence-corrected chi connectivity index (χ3v) is 2.95. The number of carbonyl (C=O) groups excluding carboxylic acids is 1. The van der Waals surface area contributed by atoms with Crippen LogP contribution in [0.3, 0.4) is 0 Å². The van der Waals surface area contributed by atoms with Crippen LogP contribution in [0.4, 0.5) is 0 Å². The van der Waals surface area contributed by atoms with E-state index in [9.17, 15) is 4.79 Å². The van der Waals surface area contributed by atoms with E-state index >= 15 is 0 Å². The van der Waals surface area contributed by atoms with Crippen molar-refractivity contribution >= 4 is 5.78 Å². The lowest BCUT2D eigenvalue weighted by molar-refractivity contribution is -0.127. The fourth-order valence-electron chi connectivity index (χ4n) is 2.32. The van der Waals surface area contributed by atoms with Gasteiger partial charge in [0.2, 0.25) is 0 Å². The quantitative estimate of drug-likeness (QED) is 0.779. The van der Waals surface area contributed by atoms with Crippen molar-refractivity contribution in [1.82, 2.24) is 0 Å². The Labute approximate surface area is 96.6 Å². The Morgan fingerprint density at radius 2 is 2.00 bits per heavy atom. The number of Topliss-reactive ketones (excluding diaryl/α,β-unsaturated/α-hetero) is 1. The van der Waals surface area contributed by atoms with E-state index in [1.165, 1.54) is 11.1 Å². The van der Waals surface area contributed by atoms with Gasteiger partial charge in [0.1, 0.15) is 6.10 Å². The summed E-state index contributed by atoms with van der Waals surface area (Å²) in [5, 5.41) is 0. The van der Waals surface area contributed by atoms with Crippen LogP contribution in [0.15, 0.2) is 18.2 Å². The smallest absolute Gasteiger partial charge is 0.165 e. The lowest BCUT2D eigenvalue weighted by Crippen LogP contribution is -2.21. The highest BCUT2D eigenvalue weighted by Gasteiger charge is 2.23. The van der Waals surface area contributed by atoms with Crippen molar-refractivity contribution in [2.24, 2.45) is 0 Å². The largest absolute Gasteiger partial charge is 0.370 e. The summed E-state index contributed by atoms with van der Waals surface area (Å²) in [6.07, 6.45) is 2.26. The molecule has 0 spiro atoms. The molecule has 2 nitrogen and oxygen atoms in total. The molecule has 0 N–H and O–H groups in total. The van der Waals surface area contributed by atoms with Crippen LogP contribution in [0.5, 0.6) is 0 Å². The van der Waals surface area contributed by atoms with Crippen molar-refractivity contribution < 1.29 is 9.53 Å². The van der Waals surface area contributed by atoms with Gasteiger partial charge < -0.3 is 4.74 Å². The molecular weight excluding hydrogens is 200 g/mol. The number of hydrogen-bond donors (Lipinski definition) is 0. The molecule has 16 heavy (non-hydrogen) atoms. The fraction of sp³-hybridized carbons (Fsp3) is 0.500. The third-order valence-electron chi connectivity index (χ3n) is 2.95. The van der Waals surface area contributed by atoms with Crippen molar-refractivity contribution in [3.05, 3.63) is 34.9 Å². The predicted octanol–water partition coefficient (Wildman–Crippen LogP) is 2.59. The zero-order valence-corrected chi connectivity index (χ0v) is 9.95. The molecule has 1 aromatic rings. The summed E-state index contributed by atoms with van der Waals surface area (Å²) >= 11 is 0. The molecular formula is C14H18O2. The van der Waals surface area contributed by atoms with Crippen molar-refractivity contribution in [3.8, 4) is 0 Å². The highest BCUT2D eigenvalue weighted by Crippen LogP contribution is 2.16. The predicted molar refractivity (Wildman–Crippen MR) is 63.6 cm³/mol. The van der Waals surface area contributed by atoms with Crippen LogP contribution in [-0.4, -0.2) is 18.5 Å². The van der Waals surface area contributed by atoms with Gasteiger partial charge in [0.15, 0.2) is 5.78 Å². The molecule has 0 radical (unpaired) electrons. The van der Waals surface area contributed by atoms with E-state index in [0.717, 1.165) is 25.0 Å². The number of benzene rings is 1.